The van der Waals surface area contributed by atoms with Crippen molar-refractivity contribution in [1.29, 1.82) is 0 Å². The molecule has 0 unspecified atom stereocenters. The Morgan fingerprint density at radius 2 is 1.94 bits per heavy atom. The first-order valence-electron chi connectivity index (χ1n) is 11.1. The molecular formula is C25H27ClN6O. The molecule has 1 atom stereocenters. The zero-order valence-corrected chi connectivity index (χ0v) is 19.0. The van der Waals surface area contributed by atoms with Crippen LogP contribution in [0.2, 0.25) is 5.02 Å². The molecule has 1 aliphatic carbocycles. The molecule has 1 saturated heterocycles. The summed E-state index contributed by atoms with van der Waals surface area (Å²) in [6.07, 6.45) is 9.93. The Morgan fingerprint density at radius 1 is 1.15 bits per heavy atom. The van der Waals surface area contributed by atoms with Crippen LogP contribution in [-0.2, 0) is 13.0 Å². The van der Waals surface area contributed by atoms with E-state index in [1.165, 1.54) is 11.1 Å². The van der Waals surface area contributed by atoms with Crippen LogP contribution < -0.4 is 16.4 Å². The van der Waals surface area contributed by atoms with E-state index in [1.54, 1.807) is 24.5 Å². The predicted molar refractivity (Wildman–Crippen MR) is 131 cm³/mol. The number of piperidine rings is 1. The lowest BCUT2D eigenvalue weighted by atomic mass is 9.73. The van der Waals surface area contributed by atoms with Gasteiger partial charge in [-0.15, -0.1) is 0 Å². The number of nitrogen functional groups attached to an aromatic ring is 1. The molecule has 3 heterocycles. The zero-order valence-electron chi connectivity index (χ0n) is 18.3. The van der Waals surface area contributed by atoms with Crippen molar-refractivity contribution < 1.29 is 5.11 Å². The minimum absolute atomic E-state index is 0.0702. The molecular weight excluding hydrogens is 436 g/mol. The van der Waals surface area contributed by atoms with Gasteiger partial charge in [-0.2, -0.15) is 0 Å². The largest absolute Gasteiger partial charge is 0.390 e. The quantitative estimate of drug-likeness (QED) is 0.542. The van der Waals surface area contributed by atoms with Gasteiger partial charge in [0.1, 0.15) is 11.5 Å². The summed E-state index contributed by atoms with van der Waals surface area (Å²) < 4.78 is 0. The van der Waals surface area contributed by atoms with Crippen molar-refractivity contribution in [3.63, 3.8) is 0 Å². The molecule has 1 aliphatic heterocycles. The van der Waals surface area contributed by atoms with E-state index in [4.69, 9.17) is 23.1 Å². The van der Waals surface area contributed by atoms with Gasteiger partial charge in [0.15, 0.2) is 5.82 Å². The Bertz CT molecular complexity index is 1210. The number of nitrogens with two attached hydrogens (primary N) is 2. The molecule has 2 aromatic heterocycles. The van der Waals surface area contributed by atoms with Crippen LogP contribution in [0.4, 0.5) is 11.6 Å². The minimum Gasteiger partial charge on any atom is -0.390 e. The Hall–Kier alpha value is -3.00. The number of aliphatic hydroxyl groups excluding tert-OH is 1. The molecule has 170 valence electrons. The van der Waals surface area contributed by atoms with Crippen molar-refractivity contribution >= 4 is 35.4 Å². The Labute approximate surface area is 198 Å². The van der Waals surface area contributed by atoms with Crippen LogP contribution in [0, 0.1) is 5.41 Å². The highest BCUT2D eigenvalue weighted by molar-refractivity contribution is 6.34. The highest BCUT2D eigenvalue weighted by atomic mass is 35.5. The highest BCUT2D eigenvalue weighted by Crippen LogP contribution is 2.51. The molecule has 1 fully saturated rings. The lowest BCUT2D eigenvalue weighted by Crippen LogP contribution is -2.45. The lowest BCUT2D eigenvalue weighted by Gasteiger charge is -2.42. The third-order valence-electron chi connectivity index (χ3n) is 7.02. The Morgan fingerprint density at radius 3 is 2.70 bits per heavy atom. The number of hydrogen-bond donors (Lipinski definition) is 3. The van der Waals surface area contributed by atoms with Crippen LogP contribution >= 0.6 is 11.6 Å². The van der Waals surface area contributed by atoms with Gasteiger partial charge in [-0.25, -0.2) is 15.0 Å². The van der Waals surface area contributed by atoms with Crippen molar-refractivity contribution in [3.8, 4) is 0 Å². The second-order valence-corrected chi connectivity index (χ2v) is 9.24. The molecule has 7 nitrogen and oxygen atoms in total. The van der Waals surface area contributed by atoms with Crippen molar-refractivity contribution in [2.24, 2.45) is 11.1 Å². The van der Waals surface area contributed by atoms with E-state index in [0.29, 0.717) is 16.4 Å². The first-order chi connectivity index (χ1) is 16.0. The van der Waals surface area contributed by atoms with Gasteiger partial charge >= 0.3 is 0 Å². The number of aromatic nitrogens is 3. The summed E-state index contributed by atoms with van der Waals surface area (Å²) in [5.41, 5.74) is 17.2. The van der Waals surface area contributed by atoms with E-state index in [1.807, 2.05) is 6.08 Å². The van der Waals surface area contributed by atoms with Crippen LogP contribution in [0.25, 0.3) is 12.2 Å². The molecule has 33 heavy (non-hydrogen) atoms. The molecule has 0 saturated carbocycles. The zero-order chi connectivity index (χ0) is 23.0. The Balaban J connectivity index is 1.32. The van der Waals surface area contributed by atoms with Gasteiger partial charge in [-0.3, -0.25) is 0 Å². The molecule has 5 rings (SSSR count). The van der Waals surface area contributed by atoms with Gasteiger partial charge < -0.3 is 21.5 Å². The normalized spacial score (nSPS) is 19.4. The number of pyridine rings is 1. The minimum atomic E-state index is -0.181. The fourth-order valence-corrected chi connectivity index (χ4v) is 5.31. The van der Waals surface area contributed by atoms with Crippen LogP contribution in [0.1, 0.15) is 47.0 Å². The van der Waals surface area contributed by atoms with Gasteiger partial charge in [-0.1, -0.05) is 41.9 Å². The number of aliphatic hydroxyl groups is 1. The number of benzene rings is 1. The SMILES string of the molecule is Nc1nccc(/C=C/c2cnc(N3CCC4(CC3)Cc3ccccc3[C@H]4N)c(CO)n2)c1Cl. The van der Waals surface area contributed by atoms with Gasteiger partial charge in [0, 0.05) is 25.3 Å². The molecule has 0 bridgehead atoms. The summed E-state index contributed by atoms with van der Waals surface area (Å²) in [4.78, 5) is 15.4. The summed E-state index contributed by atoms with van der Waals surface area (Å²) in [6.45, 7) is 1.49. The summed E-state index contributed by atoms with van der Waals surface area (Å²) in [7, 11) is 0. The number of halogens is 1. The number of fused-ring (bicyclic) bond motifs is 1. The van der Waals surface area contributed by atoms with Crippen LogP contribution in [0.3, 0.4) is 0 Å². The lowest BCUT2D eigenvalue weighted by molar-refractivity contribution is 0.186. The first kappa shape index (κ1) is 21.8. The van der Waals surface area contributed by atoms with Crippen LogP contribution in [0.15, 0.2) is 42.7 Å². The highest BCUT2D eigenvalue weighted by Gasteiger charge is 2.46. The molecule has 0 amide bonds. The molecule has 5 N–H and O–H groups in total. The van der Waals surface area contributed by atoms with Crippen LogP contribution in [-0.4, -0.2) is 33.1 Å². The second kappa shape index (κ2) is 8.74. The average molecular weight is 463 g/mol. The third-order valence-corrected chi connectivity index (χ3v) is 7.43. The molecule has 0 radical (unpaired) electrons. The number of nitrogens with zero attached hydrogens (tertiary/aromatic N) is 4. The summed E-state index contributed by atoms with van der Waals surface area (Å²) >= 11 is 6.21. The standard InChI is InChI=1S/C25H27ClN6O/c26-21-16(7-10-29-23(21)28)5-6-18-14-30-24(20(15-33)31-18)32-11-8-25(9-12-32)13-17-3-1-2-4-19(17)22(25)27/h1-7,10,14,22,33H,8-9,11-13,15,27H2,(H2,28,29)/b6-5+/t22-/m1/s1. The van der Waals surface area contributed by atoms with Gasteiger partial charge in [0.2, 0.25) is 0 Å². The summed E-state index contributed by atoms with van der Waals surface area (Å²) in [5.74, 6) is 1.02. The molecule has 1 aromatic carbocycles. The van der Waals surface area contributed by atoms with Gasteiger partial charge in [-0.05, 0) is 53.5 Å². The fraction of sp³-hybridized carbons (Fsp3) is 0.320. The fourth-order valence-electron chi connectivity index (χ4n) is 5.14. The number of anilines is 2. The smallest absolute Gasteiger partial charge is 0.152 e. The third kappa shape index (κ3) is 3.97. The predicted octanol–water partition coefficient (Wildman–Crippen LogP) is 3.61. The van der Waals surface area contributed by atoms with Crippen molar-refractivity contribution in [1.82, 2.24) is 15.0 Å². The van der Waals surface area contributed by atoms with E-state index >= 15 is 0 Å². The Kier molecular flexibility index (Phi) is 5.78. The monoisotopic (exact) mass is 462 g/mol. The van der Waals surface area contributed by atoms with Crippen molar-refractivity contribution in [2.75, 3.05) is 23.7 Å². The molecule has 1 spiro atoms. The molecule has 3 aromatic rings. The first-order valence-corrected chi connectivity index (χ1v) is 11.5. The van der Waals surface area contributed by atoms with E-state index in [-0.39, 0.29) is 23.9 Å². The maximum Gasteiger partial charge on any atom is 0.152 e. The van der Waals surface area contributed by atoms with E-state index in [2.05, 4.69) is 44.1 Å². The molecule has 8 heteroatoms. The van der Waals surface area contributed by atoms with Crippen molar-refractivity contribution in [3.05, 3.63) is 75.8 Å². The number of rotatable bonds is 4. The van der Waals surface area contributed by atoms with Gasteiger partial charge in [0.25, 0.3) is 0 Å². The average Bonchev–Trinajstić information content (AvgIpc) is 3.11. The van der Waals surface area contributed by atoms with Crippen LogP contribution in [0.5, 0.6) is 0 Å². The summed E-state index contributed by atoms with van der Waals surface area (Å²) in [5, 5.41) is 10.4. The second-order valence-electron chi connectivity index (χ2n) is 8.86. The van der Waals surface area contributed by atoms with E-state index in [0.717, 1.165) is 43.7 Å². The maximum atomic E-state index is 9.99. The van der Waals surface area contributed by atoms with E-state index < -0.39 is 0 Å². The molecule has 2 aliphatic rings. The van der Waals surface area contributed by atoms with Gasteiger partial charge in [0.05, 0.1) is 23.5 Å². The topological polar surface area (TPSA) is 114 Å². The van der Waals surface area contributed by atoms with E-state index in [9.17, 15) is 5.11 Å². The van der Waals surface area contributed by atoms with Crippen molar-refractivity contribution in [2.45, 2.75) is 31.9 Å². The number of hydrogen-bond acceptors (Lipinski definition) is 7. The summed E-state index contributed by atoms with van der Waals surface area (Å²) in [6, 6.07) is 10.4. The maximum absolute atomic E-state index is 9.99.